The van der Waals surface area contributed by atoms with E-state index in [-0.39, 0.29) is 18.5 Å². The van der Waals surface area contributed by atoms with Gasteiger partial charge in [0.15, 0.2) is 11.5 Å². The minimum atomic E-state index is -0.723. The molecule has 1 aromatic carbocycles. The largest absolute Gasteiger partial charge is 0.493 e. The van der Waals surface area contributed by atoms with Crippen molar-refractivity contribution >= 4 is 29.2 Å². The molecule has 0 spiro atoms. The lowest BCUT2D eigenvalue weighted by Gasteiger charge is -2.39. The van der Waals surface area contributed by atoms with E-state index >= 15 is 0 Å². The van der Waals surface area contributed by atoms with Crippen molar-refractivity contribution in [2.75, 3.05) is 60.6 Å². The molecule has 0 unspecified atom stereocenters. The Bertz CT molecular complexity index is 1170. The van der Waals surface area contributed by atoms with Crippen molar-refractivity contribution in [2.24, 2.45) is 0 Å². The van der Waals surface area contributed by atoms with E-state index in [0.717, 1.165) is 4.88 Å². The number of carbonyl (C=O) groups excluding carboxylic acids is 3. The van der Waals surface area contributed by atoms with Crippen LogP contribution in [0.3, 0.4) is 0 Å². The van der Waals surface area contributed by atoms with Crippen LogP contribution in [0.4, 0.5) is 4.79 Å². The van der Waals surface area contributed by atoms with Crippen LogP contribution in [0, 0.1) is 0 Å². The molecule has 10 nitrogen and oxygen atoms in total. The molecule has 1 atom stereocenters. The Kier molecular flexibility index (Phi) is 8.34. The van der Waals surface area contributed by atoms with Crippen molar-refractivity contribution in [2.45, 2.75) is 13.0 Å². The molecule has 3 amide bonds. The Morgan fingerprint density at radius 3 is 2.43 bits per heavy atom. The highest BCUT2D eigenvalue weighted by atomic mass is 32.1. The first-order chi connectivity index (χ1) is 17.9. The fourth-order valence-electron chi connectivity index (χ4n) is 4.56. The molecule has 0 radical (unpaired) electrons. The lowest BCUT2D eigenvalue weighted by Crippen LogP contribution is -2.53. The predicted octanol–water partition coefficient (Wildman–Crippen LogP) is 2.74. The standard InChI is InChI=1S/C26H32N4O6S/c1-5-36-25(32)22-18(16-29-10-12-30(13-11-29)24(31)21-7-6-14-37-21)28(2)26(33)27-23(22)17-8-9-19(34-3)20(15-17)35-4/h6-9,14-15,23H,5,10-13,16H2,1-4H3,(H,27,33)/t23-/m0/s1. The van der Waals surface area contributed by atoms with Gasteiger partial charge in [0.1, 0.15) is 0 Å². The quantitative estimate of drug-likeness (QED) is 0.526. The number of nitrogens with one attached hydrogen (secondary N) is 1. The molecule has 1 saturated heterocycles. The molecule has 0 saturated carbocycles. The smallest absolute Gasteiger partial charge is 0.338 e. The van der Waals surface area contributed by atoms with E-state index in [0.29, 0.717) is 61.1 Å². The maximum atomic E-state index is 13.3. The Hall–Kier alpha value is -3.57. The third-order valence-electron chi connectivity index (χ3n) is 6.58. The maximum Gasteiger partial charge on any atom is 0.338 e. The third kappa shape index (κ3) is 5.57. The Labute approximate surface area is 220 Å². The van der Waals surface area contributed by atoms with Crippen LogP contribution in [-0.2, 0) is 9.53 Å². The van der Waals surface area contributed by atoms with Gasteiger partial charge in [0, 0.05) is 45.5 Å². The van der Waals surface area contributed by atoms with Gasteiger partial charge in [-0.25, -0.2) is 9.59 Å². The first-order valence-electron chi connectivity index (χ1n) is 12.1. The first kappa shape index (κ1) is 26.5. The van der Waals surface area contributed by atoms with Crippen LogP contribution in [0.5, 0.6) is 11.5 Å². The molecule has 1 fully saturated rings. The average molecular weight is 529 g/mol. The number of ether oxygens (including phenoxy) is 3. The van der Waals surface area contributed by atoms with Crippen LogP contribution in [0.1, 0.15) is 28.2 Å². The second-order valence-corrected chi connectivity index (χ2v) is 9.63. The maximum absolute atomic E-state index is 13.3. The number of carbonyl (C=O) groups is 3. The van der Waals surface area contributed by atoms with Gasteiger partial charge in [-0.1, -0.05) is 12.1 Å². The van der Waals surface area contributed by atoms with Gasteiger partial charge >= 0.3 is 12.0 Å². The third-order valence-corrected chi connectivity index (χ3v) is 7.44. The number of likely N-dealkylation sites (N-methyl/N-ethyl adjacent to an activating group) is 1. The summed E-state index contributed by atoms with van der Waals surface area (Å²) in [6.45, 7) is 4.68. The number of hydrogen-bond donors (Lipinski definition) is 1. The zero-order chi connectivity index (χ0) is 26.5. The number of piperazine rings is 1. The fraction of sp³-hybridized carbons (Fsp3) is 0.423. The average Bonchev–Trinajstić information content (AvgIpc) is 3.46. The molecular formula is C26H32N4O6S. The molecule has 11 heteroatoms. The molecule has 0 aliphatic carbocycles. The van der Waals surface area contributed by atoms with Crippen molar-refractivity contribution < 1.29 is 28.6 Å². The number of methoxy groups -OCH3 is 2. The molecule has 4 rings (SSSR count). The SMILES string of the molecule is CCOC(=O)C1=C(CN2CCN(C(=O)c3cccs3)CC2)N(C)C(=O)N[C@H]1c1ccc(OC)c(OC)c1. The summed E-state index contributed by atoms with van der Waals surface area (Å²) < 4.78 is 16.2. The van der Waals surface area contributed by atoms with Gasteiger partial charge in [-0.15, -0.1) is 11.3 Å². The number of rotatable bonds is 8. The molecule has 2 aliphatic rings. The first-order valence-corrected chi connectivity index (χ1v) is 13.0. The van der Waals surface area contributed by atoms with E-state index in [9.17, 15) is 14.4 Å². The molecule has 3 heterocycles. The minimum absolute atomic E-state index is 0.0313. The summed E-state index contributed by atoms with van der Waals surface area (Å²) in [5, 5.41) is 4.82. The Morgan fingerprint density at radius 1 is 1.08 bits per heavy atom. The summed E-state index contributed by atoms with van der Waals surface area (Å²) in [7, 11) is 4.72. The van der Waals surface area contributed by atoms with Gasteiger partial charge in [0.05, 0.1) is 37.3 Å². The van der Waals surface area contributed by atoms with Crippen molar-refractivity contribution in [3.05, 3.63) is 57.4 Å². The highest BCUT2D eigenvalue weighted by Crippen LogP contribution is 2.36. The lowest BCUT2D eigenvalue weighted by atomic mass is 9.94. The zero-order valence-corrected chi connectivity index (χ0v) is 22.3. The molecular weight excluding hydrogens is 496 g/mol. The summed E-state index contributed by atoms with van der Waals surface area (Å²) in [5.41, 5.74) is 1.61. The van der Waals surface area contributed by atoms with Crippen molar-refractivity contribution in [1.82, 2.24) is 20.0 Å². The lowest BCUT2D eigenvalue weighted by molar-refractivity contribution is -0.139. The van der Waals surface area contributed by atoms with Crippen LogP contribution in [0.15, 0.2) is 47.0 Å². The summed E-state index contributed by atoms with van der Waals surface area (Å²) in [6, 6.07) is 7.94. The van der Waals surface area contributed by atoms with Crippen LogP contribution < -0.4 is 14.8 Å². The number of benzene rings is 1. The topological polar surface area (TPSA) is 101 Å². The molecule has 1 N–H and O–H groups in total. The van der Waals surface area contributed by atoms with Gasteiger partial charge in [-0.3, -0.25) is 14.6 Å². The van der Waals surface area contributed by atoms with Crippen molar-refractivity contribution in [3.8, 4) is 11.5 Å². The number of esters is 1. The minimum Gasteiger partial charge on any atom is -0.493 e. The van der Waals surface area contributed by atoms with E-state index in [1.165, 1.54) is 23.3 Å². The van der Waals surface area contributed by atoms with Gasteiger partial charge < -0.3 is 24.4 Å². The Balaban J connectivity index is 1.62. The summed E-state index contributed by atoms with van der Waals surface area (Å²) in [4.78, 5) is 45.2. The number of amides is 3. The van der Waals surface area contributed by atoms with E-state index in [1.54, 1.807) is 39.3 Å². The zero-order valence-electron chi connectivity index (χ0n) is 21.5. The molecule has 1 aromatic heterocycles. The fourth-order valence-corrected chi connectivity index (χ4v) is 5.25. The van der Waals surface area contributed by atoms with Gasteiger partial charge in [0.2, 0.25) is 0 Å². The highest BCUT2D eigenvalue weighted by molar-refractivity contribution is 7.12. The number of urea groups is 1. The monoisotopic (exact) mass is 528 g/mol. The van der Waals surface area contributed by atoms with Crippen molar-refractivity contribution in [3.63, 3.8) is 0 Å². The number of hydrogen-bond acceptors (Lipinski definition) is 8. The van der Waals surface area contributed by atoms with Gasteiger partial charge in [-0.05, 0) is 36.1 Å². The van der Waals surface area contributed by atoms with Gasteiger partial charge in [-0.2, -0.15) is 0 Å². The molecule has 2 aliphatic heterocycles. The van der Waals surface area contributed by atoms with E-state index in [2.05, 4.69) is 10.2 Å². The predicted molar refractivity (Wildman–Crippen MR) is 139 cm³/mol. The van der Waals surface area contributed by atoms with Crippen LogP contribution in [-0.4, -0.2) is 93.2 Å². The number of nitrogens with zero attached hydrogens (tertiary/aromatic N) is 3. The molecule has 198 valence electrons. The number of thiophene rings is 1. The summed E-state index contributed by atoms with van der Waals surface area (Å²) in [6.07, 6.45) is 0. The van der Waals surface area contributed by atoms with E-state index in [1.807, 2.05) is 22.4 Å². The molecule has 2 aromatic rings. The van der Waals surface area contributed by atoms with Crippen LogP contribution >= 0.6 is 11.3 Å². The van der Waals surface area contributed by atoms with Crippen LogP contribution in [0.25, 0.3) is 0 Å². The van der Waals surface area contributed by atoms with Crippen LogP contribution in [0.2, 0.25) is 0 Å². The van der Waals surface area contributed by atoms with Gasteiger partial charge in [0.25, 0.3) is 5.91 Å². The van der Waals surface area contributed by atoms with E-state index in [4.69, 9.17) is 14.2 Å². The summed E-state index contributed by atoms with van der Waals surface area (Å²) in [5.74, 6) is 0.575. The second kappa shape index (κ2) is 11.7. The molecule has 37 heavy (non-hydrogen) atoms. The normalized spacial score (nSPS) is 18.5. The molecule has 0 bridgehead atoms. The summed E-state index contributed by atoms with van der Waals surface area (Å²) >= 11 is 1.43. The van der Waals surface area contributed by atoms with Crippen molar-refractivity contribution in [1.29, 1.82) is 0 Å². The Morgan fingerprint density at radius 2 is 1.81 bits per heavy atom. The highest BCUT2D eigenvalue weighted by Gasteiger charge is 2.38. The van der Waals surface area contributed by atoms with E-state index < -0.39 is 12.0 Å². The second-order valence-electron chi connectivity index (χ2n) is 8.68.